The predicted octanol–water partition coefficient (Wildman–Crippen LogP) is 1.72. The lowest BCUT2D eigenvalue weighted by atomic mass is 10.1. The lowest BCUT2D eigenvalue weighted by molar-refractivity contribution is -0.125. The van der Waals surface area contributed by atoms with Gasteiger partial charge in [0.05, 0.1) is 12.3 Å². The number of hydrogen-bond acceptors (Lipinski definition) is 5. The van der Waals surface area contributed by atoms with Crippen molar-refractivity contribution in [2.45, 2.75) is 19.5 Å². The second-order valence-electron chi connectivity index (χ2n) is 5.24. The Bertz CT molecular complexity index is 595. The van der Waals surface area contributed by atoms with Crippen molar-refractivity contribution < 1.29 is 14.4 Å². The molecule has 23 heavy (non-hydrogen) atoms. The normalized spacial score (nSPS) is 15.3. The van der Waals surface area contributed by atoms with Crippen molar-refractivity contribution in [1.29, 1.82) is 0 Å². The molecule has 0 aliphatic carbocycles. The molecule has 126 valence electrons. The zero-order chi connectivity index (χ0) is 16.3. The number of likely N-dealkylation sites (N-methyl/N-ethyl adjacent to an activating group) is 1. The third kappa shape index (κ3) is 4.46. The van der Waals surface area contributed by atoms with E-state index in [0.29, 0.717) is 12.1 Å². The fraction of sp³-hybridized carbons (Fsp3) is 0.400. The highest BCUT2D eigenvalue weighted by Gasteiger charge is 2.29. The van der Waals surface area contributed by atoms with Gasteiger partial charge < -0.3 is 10.6 Å². The summed E-state index contributed by atoms with van der Waals surface area (Å²) in [5.41, 5.74) is 6.85. The molecule has 1 unspecified atom stereocenters. The van der Waals surface area contributed by atoms with Gasteiger partial charge in [0, 0.05) is 25.2 Å². The Hall–Kier alpha value is -1.57. The molecule has 1 aliphatic rings. The summed E-state index contributed by atoms with van der Waals surface area (Å²) in [7, 11) is 1.71. The number of benzene rings is 1. The van der Waals surface area contributed by atoms with Crippen LogP contribution in [0.15, 0.2) is 24.3 Å². The maximum atomic E-state index is 12.4. The lowest BCUT2D eigenvalue weighted by Crippen LogP contribution is -2.39. The van der Waals surface area contributed by atoms with Crippen LogP contribution in [0.4, 0.5) is 4.79 Å². The third-order valence-electron chi connectivity index (χ3n) is 3.68. The van der Waals surface area contributed by atoms with Crippen molar-refractivity contribution in [2.75, 3.05) is 19.3 Å². The summed E-state index contributed by atoms with van der Waals surface area (Å²) in [5.74, 6) is -0.136. The first kappa shape index (κ1) is 19.5. The van der Waals surface area contributed by atoms with Gasteiger partial charge in [-0.15, -0.1) is 12.4 Å². The fourth-order valence-electron chi connectivity index (χ4n) is 2.08. The van der Waals surface area contributed by atoms with Crippen LogP contribution in [0.3, 0.4) is 0 Å². The Morgan fingerprint density at radius 3 is 2.70 bits per heavy atom. The molecule has 3 amide bonds. The molecule has 1 aromatic carbocycles. The first-order valence-corrected chi connectivity index (χ1v) is 7.96. The van der Waals surface area contributed by atoms with Crippen LogP contribution in [0, 0.1) is 0 Å². The topological polar surface area (TPSA) is 83.7 Å². The van der Waals surface area contributed by atoms with Crippen molar-refractivity contribution in [3.63, 3.8) is 0 Å². The third-order valence-corrected chi connectivity index (χ3v) is 4.54. The van der Waals surface area contributed by atoms with Crippen molar-refractivity contribution in [3.8, 4) is 0 Å². The number of thioether (sulfide) groups is 1. The van der Waals surface area contributed by atoms with E-state index in [1.807, 2.05) is 6.92 Å². The van der Waals surface area contributed by atoms with E-state index in [2.05, 4.69) is 0 Å². The largest absolute Gasteiger partial charge is 0.338 e. The minimum atomic E-state index is -0.240. The predicted molar refractivity (Wildman–Crippen MR) is 92.7 cm³/mol. The molecule has 0 aromatic heterocycles. The smallest absolute Gasteiger partial charge is 0.289 e. The average Bonchev–Trinajstić information content (AvgIpc) is 2.85. The van der Waals surface area contributed by atoms with Crippen molar-refractivity contribution in [1.82, 2.24) is 9.80 Å². The molecule has 1 heterocycles. The van der Waals surface area contributed by atoms with Gasteiger partial charge in [-0.3, -0.25) is 19.3 Å². The molecule has 2 N–H and O–H groups in total. The monoisotopic (exact) mass is 357 g/mol. The molecule has 6 nitrogen and oxygen atoms in total. The highest BCUT2D eigenvalue weighted by molar-refractivity contribution is 8.14. The summed E-state index contributed by atoms with van der Waals surface area (Å²) in [6.45, 7) is 2.46. The Labute approximate surface area is 145 Å². The molecular weight excluding hydrogens is 338 g/mol. The molecule has 1 aliphatic heterocycles. The lowest BCUT2D eigenvalue weighted by Gasteiger charge is -2.24. The van der Waals surface area contributed by atoms with Crippen LogP contribution < -0.4 is 5.73 Å². The van der Waals surface area contributed by atoms with E-state index in [9.17, 15) is 14.4 Å². The van der Waals surface area contributed by atoms with E-state index in [1.54, 1.807) is 36.2 Å². The maximum absolute atomic E-state index is 12.4. The Morgan fingerprint density at radius 1 is 1.43 bits per heavy atom. The van der Waals surface area contributed by atoms with Crippen molar-refractivity contribution >= 4 is 41.2 Å². The summed E-state index contributed by atoms with van der Waals surface area (Å²) in [5, 5.41) is -0.240. The number of carbonyl (C=O) groups is 3. The zero-order valence-corrected chi connectivity index (χ0v) is 14.7. The quantitative estimate of drug-likeness (QED) is 0.867. The van der Waals surface area contributed by atoms with Gasteiger partial charge in [-0.05, 0) is 24.6 Å². The second kappa shape index (κ2) is 8.33. The van der Waals surface area contributed by atoms with E-state index >= 15 is 0 Å². The van der Waals surface area contributed by atoms with Gasteiger partial charge in [0.2, 0.25) is 5.91 Å². The number of imide groups is 1. The number of nitrogens with two attached hydrogens (primary N) is 1. The number of amides is 3. The maximum Gasteiger partial charge on any atom is 0.289 e. The number of rotatable bonds is 5. The fourth-order valence-corrected chi connectivity index (χ4v) is 2.81. The van der Waals surface area contributed by atoms with Crippen molar-refractivity contribution in [3.05, 3.63) is 35.4 Å². The first-order chi connectivity index (χ1) is 10.4. The Morgan fingerprint density at radius 2 is 2.13 bits per heavy atom. The molecule has 1 saturated heterocycles. The summed E-state index contributed by atoms with van der Waals surface area (Å²) >= 11 is 1.00. The molecule has 8 heteroatoms. The van der Waals surface area contributed by atoms with E-state index in [4.69, 9.17) is 5.73 Å². The van der Waals surface area contributed by atoms with Gasteiger partial charge in [-0.25, -0.2) is 0 Å². The molecule has 2 rings (SSSR count). The van der Waals surface area contributed by atoms with Crippen LogP contribution >= 0.6 is 24.2 Å². The van der Waals surface area contributed by atoms with E-state index < -0.39 is 0 Å². The first-order valence-electron chi connectivity index (χ1n) is 6.97. The van der Waals surface area contributed by atoms with E-state index in [1.165, 1.54) is 4.90 Å². The van der Waals surface area contributed by atoms with Crippen molar-refractivity contribution in [2.24, 2.45) is 5.73 Å². The summed E-state index contributed by atoms with van der Waals surface area (Å²) in [4.78, 5) is 38.4. The van der Waals surface area contributed by atoms with Gasteiger partial charge in [0.1, 0.15) is 0 Å². The SMILES string of the molecule is CC(CN)N(C)C(=O)c1cccc(CN2C(=O)CSC2=O)c1.Cl. The van der Waals surface area contributed by atoms with Crippen LogP contribution in [-0.2, 0) is 11.3 Å². The number of hydrogen-bond donors (Lipinski definition) is 1. The number of nitrogens with zero attached hydrogens (tertiary/aromatic N) is 2. The average molecular weight is 358 g/mol. The summed E-state index contributed by atoms with van der Waals surface area (Å²) in [6.07, 6.45) is 0. The van der Waals surface area contributed by atoms with Gasteiger partial charge >= 0.3 is 0 Å². The van der Waals surface area contributed by atoms with Gasteiger partial charge in [0.15, 0.2) is 0 Å². The van der Waals surface area contributed by atoms with Crippen LogP contribution in [0.2, 0.25) is 0 Å². The van der Waals surface area contributed by atoms with Gasteiger partial charge in [-0.2, -0.15) is 0 Å². The van der Waals surface area contributed by atoms with Crippen LogP contribution in [0.25, 0.3) is 0 Å². The molecule has 0 saturated carbocycles. The van der Waals surface area contributed by atoms with Crippen LogP contribution in [0.1, 0.15) is 22.8 Å². The Kier molecular flexibility index (Phi) is 7.05. The molecule has 1 fully saturated rings. The van der Waals surface area contributed by atoms with E-state index in [-0.39, 0.29) is 47.8 Å². The van der Waals surface area contributed by atoms with Crippen LogP contribution in [0.5, 0.6) is 0 Å². The summed E-state index contributed by atoms with van der Waals surface area (Å²) in [6, 6.07) is 6.92. The minimum absolute atomic E-state index is 0. The standard InChI is InChI=1S/C15H19N3O3S.ClH/c1-10(7-16)17(2)14(20)12-5-3-4-11(6-12)8-18-13(19)9-22-15(18)21;/h3-6,10H,7-9,16H2,1-2H3;1H. The minimum Gasteiger partial charge on any atom is -0.338 e. The Balaban J connectivity index is 0.00000264. The molecule has 0 radical (unpaired) electrons. The number of halogens is 1. The number of carbonyl (C=O) groups excluding carboxylic acids is 3. The molecular formula is C15H20ClN3O3S. The highest BCUT2D eigenvalue weighted by atomic mass is 35.5. The van der Waals surface area contributed by atoms with Crippen LogP contribution in [-0.4, -0.2) is 52.2 Å². The molecule has 0 bridgehead atoms. The molecule has 1 atom stereocenters. The second-order valence-corrected chi connectivity index (χ2v) is 6.16. The van der Waals surface area contributed by atoms with Gasteiger partial charge in [0.25, 0.3) is 11.1 Å². The molecule has 1 aromatic rings. The van der Waals surface area contributed by atoms with E-state index in [0.717, 1.165) is 17.3 Å². The molecule has 0 spiro atoms. The zero-order valence-electron chi connectivity index (χ0n) is 13.0. The summed E-state index contributed by atoms with van der Waals surface area (Å²) < 4.78 is 0. The van der Waals surface area contributed by atoms with Gasteiger partial charge in [-0.1, -0.05) is 23.9 Å². The highest BCUT2D eigenvalue weighted by Crippen LogP contribution is 2.21.